The number of amides is 1. The third-order valence-corrected chi connectivity index (χ3v) is 3.88. The molecule has 2 rings (SSSR count). The van der Waals surface area contributed by atoms with Gasteiger partial charge in [-0.25, -0.2) is 5.84 Å². The summed E-state index contributed by atoms with van der Waals surface area (Å²) in [4.78, 5) is 13.7. The van der Waals surface area contributed by atoms with E-state index in [4.69, 9.17) is 5.84 Å². The number of hydrazine groups is 1. The minimum atomic E-state index is -0.203. The molecule has 1 heterocycles. The third-order valence-electron chi connectivity index (χ3n) is 2.68. The summed E-state index contributed by atoms with van der Waals surface area (Å²) >= 11 is 1.62. The molecule has 1 saturated heterocycles. The van der Waals surface area contributed by atoms with E-state index in [9.17, 15) is 4.79 Å². The quantitative estimate of drug-likeness (QED) is 0.455. The van der Waals surface area contributed by atoms with Crippen LogP contribution in [0.3, 0.4) is 0 Å². The summed E-state index contributed by atoms with van der Waals surface area (Å²) < 4.78 is 0. The maximum Gasteiger partial charge on any atom is 0.267 e. The summed E-state index contributed by atoms with van der Waals surface area (Å²) in [5, 5.41) is -0.203. The first-order valence-electron chi connectivity index (χ1n) is 5.18. The normalized spacial score (nSPS) is 19.9. The predicted molar refractivity (Wildman–Crippen MR) is 67.1 cm³/mol. The summed E-state index contributed by atoms with van der Waals surface area (Å²) in [6.07, 6.45) is 0. The van der Waals surface area contributed by atoms with Gasteiger partial charge in [0.2, 0.25) is 0 Å². The van der Waals surface area contributed by atoms with Crippen LogP contribution >= 0.6 is 11.8 Å². The minimum Gasteiger partial charge on any atom is -0.350 e. The molecule has 16 heavy (non-hydrogen) atoms. The molecule has 0 spiro atoms. The van der Waals surface area contributed by atoms with E-state index in [-0.39, 0.29) is 11.3 Å². The molecule has 0 saturated carbocycles. The van der Waals surface area contributed by atoms with Crippen LogP contribution < -0.4 is 16.2 Å². The van der Waals surface area contributed by atoms with Gasteiger partial charge in [-0.05, 0) is 18.6 Å². The van der Waals surface area contributed by atoms with Gasteiger partial charge in [0, 0.05) is 18.0 Å². The van der Waals surface area contributed by atoms with Gasteiger partial charge < -0.3 is 4.90 Å². The molecule has 0 bridgehead atoms. The first-order chi connectivity index (χ1) is 7.74. The molecule has 86 valence electrons. The molecule has 4 nitrogen and oxygen atoms in total. The highest BCUT2D eigenvalue weighted by molar-refractivity contribution is 8.01. The van der Waals surface area contributed by atoms with Crippen LogP contribution in [0.1, 0.15) is 5.56 Å². The molecule has 1 aromatic carbocycles. The van der Waals surface area contributed by atoms with Gasteiger partial charge >= 0.3 is 0 Å². The van der Waals surface area contributed by atoms with Crippen molar-refractivity contribution in [1.29, 1.82) is 0 Å². The molecule has 0 unspecified atom stereocenters. The average Bonchev–Trinajstić information content (AvgIpc) is 2.77. The SMILES string of the molecule is Cc1ccccc1N1CCS[C@@H]1C(=O)NN. The number of nitrogens with two attached hydrogens (primary N) is 1. The van der Waals surface area contributed by atoms with Crippen LogP contribution in [-0.4, -0.2) is 23.6 Å². The monoisotopic (exact) mass is 237 g/mol. The molecule has 5 heteroatoms. The molecule has 1 aromatic rings. The highest BCUT2D eigenvalue weighted by Crippen LogP contribution is 2.31. The summed E-state index contributed by atoms with van der Waals surface area (Å²) in [7, 11) is 0. The number of thioether (sulfide) groups is 1. The number of carbonyl (C=O) groups is 1. The molecule has 0 aromatic heterocycles. The lowest BCUT2D eigenvalue weighted by Crippen LogP contribution is -2.45. The highest BCUT2D eigenvalue weighted by Gasteiger charge is 2.31. The van der Waals surface area contributed by atoms with Crippen LogP contribution in [-0.2, 0) is 4.79 Å². The van der Waals surface area contributed by atoms with Gasteiger partial charge in [-0.3, -0.25) is 10.2 Å². The van der Waals surface area contributed by atoms with Crippen molar-refractivity contribution >= 4 is 23.4 Å². The molecule has 1 aliphatic heterocycles. The number of nitrogens with zero attached hydrogens (tertiary/aromatic N) is 1. The number of carbonyl (C=O) groups excluding carboxylic acids is 1. The average molecular weight is 237 g/mol. The Morgan fingerprint density at radius 1 is 1.56 bits per heavy atom. The van der Waals surface area contributed by atoms with E-state index in [0.29, 0.717) is 0 Å². The van der Waals surface area contributed by atoms with Gasteiger partial charge in [0.05, 0.1) is 0 Å². The lowest BCUT2D eigenvalue weighted by Gasteiger charge is -2.25. The van der Waals surface area contributed by atoms with Crippen LogP contribution in [0.4, 0.5) is 5.69 Å². The summed E-state index contributed by atoms with van der Waals surface area (Å²) in [5.74, 6) is 6.01. The van der Waals surface area contributed by atoms with Crippen LogP contribution in [0, 0.1) is 6.92 Å². The number of anilines is 1. The second-order valence-corrected chi connectivity index (χ2v) is 4.90. The van der Waals surface area contributed by atoms with Crippen molar-refractivity contribution in [2.75, 3.05) is 17.2 Å². The standard InChI is InChI=1S/C11H15N3OS/c1-8-4-2-3-5-9(8)14-6-7-16-11(14)10(15)13-12/h2-5,11H,6-7,12H2,1H3,(H,13,15)/t11-/m1/s1. The van der Waals surface area contributed by atoms with Gasteiger partial charge in [0.1, 0.15) is 0 Å². The van der Waals surface area contributed by atoms with Crippen molar-refractivity contribution in [2.24, 2.45) is 5.84 Å². The minimum absolute atomic E-state index is 0.134. The van der Waals surface area contributed by atoms with Crippen molar-refractivity contribution in [3.05, 3.63) is 29.8 Å². The van der Waals surface area contributed by atoms with Crippen molar-refractivity contribution in [3.8, 4) is 0 Å². The zero-order valence-electron chi connectivity index (χ0n) is 9.14. The van der Waals surface area contributed by atoms with Crippen LogP contribution in [0.5, 0.6) is 0 Å². The van der Waals surface area contributed by atoms with E-state index < -0.39 is 0 Å². The molecule has 0 aliphatic carbocycles. The fourth-order valence-electron chi connectivity index (χ4n) is 1.89. The zero-order chi connectivity index (χ0) is 11.5. The molecule has 1 amide bonds. The van der Waals surface area contributed by atoms with Gasteiger partial charge in [-0.2, -0.15) is 0 Å². The molecule has 1 aliphatic rings. The van der Waals surface area contributed by atoms with E-state index in [2.05, 4.69) is 23.3 Å². The van der Waals surface area contributed by atoms with Crippen LogP contribution in [0.2, 0.25) is 0 Å². The number of nitrogens with one attached hydrogen (secondary N) is 1. The topological polar surface area (TPSA) is 58.4 Å². The Labute approximate surface area is 99.2 Å². The number of para-hydroxylation sites is 1. The molecular formula is C11H15N3OS. The second-order valence-electron chi connectivity index (χ2n) is 3.71. The first-order valence-corrected chi connectivity index (χ1v) is 6.23. The van der Waals surface area contributed by atoms with E-state index in [1.54, 1.807) is 11.8 Å². The molecule has 1 atom stereocenters. The van der Waals surface area contributed by atoms with Crippen molar-refractivity contribution < 1.29 is 4.79 Å². The van der Waals surface area contributed by atoms with Crippen molar-refractivity contribution in [3.63, 3.8) is 0 Å². The van der Waals surface area contributed by atoms with E-state index >= 15 is 0 Å². The molecular weight excluding hydrogens is 222 g/mol. The van der Waals surface area contributed by atoms with Gasteiger partial charge in [-0.15, -0.1) is 11.8 Å². The number of aryl methyl sites for hydroxylation is 1. The van der Waals surface area contributed by atoms with Crippen LogP contribution in [0.15, 0.2) is 24.3 Å². The summed E-state index contributed by atoms with van der Waals surface area (Å²) in [6.45, 7) is 2.93. The fourth-order valence-corrected chi connectivity index (χ4v) is 3.03. The Morgan fingerprint density at radius 3 is 3.00 bits per heavy atom. The molecule has 1 fully saturated rings. The number of hydrogen-bond acceptors (Lipinski definition) is 4. The van der Waals surface area contributed by atoms with Gasteiger partial charge in [-0.1, -0.05) is 18.2 Å². The van der Waals surface area contributed by atoms with E-state index in [1.807, 2.05) is 18.2 Å². The van der Waals surface area contributed by atoms with Crippen molar-refractivity contribution in [2.45, 2.75) is 12.3 Å². The lowest BCUT2D eigenvalue weighted by atomic mass is 10.2. The third kappa shape index (κ3) is 2.01. The molecule has 3 N–H and O–H groups in total. The molecule has 0 radical (unpaired) electrons. The maximum absolute atomic E-state index is 11.6. The Balaban J connectivity index is 2.27. The second kappa shape index (κ2) is 4.76. The van der Waals surface area contributed by atoms with Gasteiger partial charge in [0.25, 0.3) is 5.91 Å². The zero-order valence-corrected chi connectivity index (χ0v) is 9.96. The van der Waals surface area contributed by atoms with E-state index in [0.717, 1.165) is 18.0 Å². The Hall–Kier alpha value is -1.20. The predicted octanol–water partition coefficient (Wildman–Crippen LogP) is 0.864. The first kappa shape index (κ1) is 11.3. The van der Waals surface area contributed by atoms with Crippen molar-refractivity contribution in [1.82, 2.24) is 5.43 Å². The Bertz CT molecular complexity index is 397. The lowest BCUT2D eigenvalue weighted by molar-refractivity contribution is -0.120. The summed E-state index contributed by atoms with van der Waals surface area (Å²) in [6, 6.07) is 8.08. The van der Waals surface area contributed by atoms with E-state index in [1.165, 1.54) is 5.56 Å². The fraction of sp³-hybridized carbons (Fsp3) is 0.364. The maximum atomic E-state index is 11.6. The Morgan fingerprint density at radius 2 is 2.31 bits per heavy atom. The summed E-state index contributed by atoms with van der Waals surface area (Å²) in [5.41, 5.74) is 4.52. The smallest absolute Gasteiger partial charge is 0.267 e. The number of hydrogen-bond donors (Lipinski definition) is 2. The largest absolute Gasteiger partial charge is 0.350 e. The number of benzene rings is 1. The van der Waals surface area contributed by atoms with Gasteiger partial charge in [0.15, 0.2) is 5.37 Å². The number of rotatable bonds is 2. The highest BCUT2D eigenvalue weighted by atomic mass is 32.2. The van der Waals surface area contributed by atoms with Crippen LogP contribution in [0.25, 0.3) is 0 Å². The Kier molecular flexibility index (Phi) is 3.36.